The second-order valence-corrected chi connectivity index (χ2v) is 5.40. The van der Waals surface area contributed by atoms with Gasteiger partial charge in [-0.1, -0.05) is 19.1 Å². The van der Waals surface area contributed by atoms with E-state index in [1.807, 2.05) is 12.1 Å². The van der Waals surface area contributed by atoms with Crippen molar-refractivity contribution in [3.63, 3.8) is 0 Å². The van der Waals surface area contributed by atoms with Crippen LogP contribution in [0.25, 0.3) is 0 Å². The Kier molecular flexibility index (Phi) is 3.35. The lowest BCUT2D eigenvalue weighted by atomic mass is 10.1. The molecule has 2 heteroatoms. The third-order valence-electron chi connectivity index (χ3n) is 3.10. The molecule has 1 fully saturated rings. The summed E-state index contributed by atoms with van der Waals surface area (Å²) in [6, 6.07) is 6.18. The summed E-state index contributed by atoms with van der Waals surface area (Å²) in [7, 11) is 0. The summed E-state index contributed by atoms with van der Waals surface area (Å²) in [5.41, 5.74) is 1.21. The van der Waals surface area contributed by atoms with E-state index in [4.69, 9.17) is 4.74 Å². The van der Waals surface area contributed by atoms with E-state index in [9.17, 15) is 0 Å². The highest BCUT2D eigenvalue weighted by Gasteiger charge is 2.23. The van der Waals surface area contributed by atoms with Gasteiger partial charge in [0, 0.05) is 0 Å². The van der Waals surface area contributed by atoms with Gasteiger partial charge in [0.1, 0.15) is 5.75 Å². The molecule has 0 amide bonds. The third kappa shape index (κ3) is 2.54. The molecule has 1 aromatic rings. The molecule has 1 aliphatic rings. The molecule has 82 valence electrons. The Balaban J connectivity index is 2.10. The Hall–Kier alpha value is -0.500. The van der Waals surface area contributed by atoms with E-state index < -0.39 is 0 Å². The normalized spacial score (nSPS) is 25.5. The van der Waals surface area contributed by atoms with Crippen LogP contribution in [-0.2, 0) is 0 Å². The van der Waals surface area contributed by atoms with Crippen LogP contribution in [0, 0.1) is 12.8 Å². The summed E-state index contributed by atoms with van der Waals surface area (Å²) in [6.07, 6.45) is 4.11. The molecular formula is C13H17BrO. The maximum atomic E-state index is 6.06. The number of ether oxygens (including phenoxy) is 1. The predicted octanol–water partition coefficient (Wildman–Crippen LogP) is 4.32. The van der Waals surface area contributed by atoms with Crippen molar-refractivity contribution >= 4 is 15.9 Å². The van der Waals surface area contributed by atoms with E-state index in [1.165, 1.54) is 24.8 Å². The number of hydrogen-bond donors (Lipinski definition) is 0. The second kappa shape index (κ2) is 4.56. The molecule has 0 radical (unpaired) electrons. The van der Waals surface area contributed by atoms with Crippen molar-refractivity contribution in [2.24, 2.45) is 5.92 Å². The first-order valence-corrected chi connectivity index (χ1v) is 6.38. The summed E-state index contributed by atoms with van der Waals surface area (Å²) in [6.45, 7) is 4.40. The molecule has 0 heterocycles. The van der Waals surface area contributed by atoms with Crippen LogP contribution in [0.15, 0.2) is 22.7 Å². The van der Waals surface area contributed by atoms with Gasteiger partial charge in [-0.2, -0.15) is 0 Å². The van der Waals surface area contributed by atoms with Crippen molar-refractivity contribution in [1.82, 2.24) is 0 Å². The average molecular weight is 269 g/mol. The Bertz CT molecular complexity index is 328. The summed E-state index contributed by atoms with van der Waals surface area (Å²) >= 11 is 3.54. The molecule has 1 aromatic carbocycles. The molecule has 2 rings (SSSR count). The molecule has 0 spiro atoms. The van der Waals surface area contributed by atoms with Gasteiger partial charge in [-0.25, -0.2) is 0 Å². The van der Waals surface area contributed by atoms with Gasteiger partial charge in [0.05, 0.1) is 10.6 Å². The number of hydrogen-bond acceptors (Lipinski definition) is 1. The van der Waals surface area contributed by atoms with E-state index in [1.54, 1.807) is 0 Å². The average Bonchev–Trinajstić information content (AvgIpc) is 2.58. The monoisotopic (exact) mass is 268 g/mol. The zero-order valence-corrected chi connectivity index (χ0v) is 10.9. The van der Waals surface area contributed by atoms with Crippen LogP contribution < -0.4 is 4.74 Å². The molecule has 2 atom stereocenters. The SMILES string of the molecule is Cc1cccc(Br)c1O[C@@H]1CC[C@H](C)C1. The highest BCUT2D eigenvalue weighted by molar-refractivity contribution is 9.10. The molecule has 0 saturated heterocycles. The lowest BCUT2D eigenvalue weighted by molar-refractivity contribution is 0.203. The van der Waals surface area contributed by atoms with Crippen molar-refractivity contribution < 1.29 is 4.74 Å². The highest BCUT2D eigenvalue weighted by atomic mass is 79.9. The van der Waals surface area contributed by atoms with Crippen LogP contribution in [0.4, 0.5) is 0 Å². The van der Waals surface area contributed by atoms with E-state index in [-0.39, 0.29) is 0 Å². The van der Waals surface area contributed by atoms with Gasteiger partial charge in [-0.15, -0.1) is 0 Å². The molecule has 1 nitrogen and oxygen atoms in total. The van der Waals surface area contributed by atoms with Crippen molar-refractivity contribution in [2.75, 3.05) is 0 Å². The molecule has 1 aliphatic carbocycles. The van der Waals surface area contributed by atoms with Gasteiger partial charge >= 0.3 is 0 Å². The van der Waals surface area contributed by atoms with E-state index >= 15 is 0 Å². The number of halogens is 1. The number of aryl methyl sites for hydroxylation is 1. The Morgan fingerprint density at radius 3 is 2.73 bits per heavy atom. The van der Waals surface area contributed by atoms with Gasteiger partial charge < -0.3 is 4.74 Å². The summed E-state index contributed by atoms with van der Waals surface area (Å²) in [5, 5.41) is 0. The zero-order chi connectivity index (χ0) is 10.8. The minimum atomic E-state index is 0.414. The fourth-order valence-electron chi connectivity index (χ4n) is 2.19. The summed E-state index contributed by atoms with van der Waals surface area (Å²) in [5.74, 6) is 1.84. The second-order valence-electron chi connectivity index (χ2n) is 4.54. The molecule has 0 bridgehead atoms. The highest BCUT2D eigenvalue weighted by Crippen LogP contribution is 2.34. The number of benzene rings is 1. The quantitative estimate of drug-likeness (QED) is 0.776. The van der Waals surface area contributed by atoms with Crippen molar-refractivity contribution in [3.8, 4) is 5.75 Å². The number of rotatable bonds is 2. The minimum Gasteiger partial charge on any atom is -0.489 e. The van der Waals surface area contributed by atoms with Crippen molar-refractivity contribution in [3.05, 3.63) is 28.2 Å². The Morgan fingerprint density at radius 2 is 2.13 bits per heavy atom. The molecule has 0 unspecified atom stereocenters. The maximum absolute atomic E-state index is 6.06. The van der Waals surface area contributed by atoms with Crippen molar-refractivity contribution in [1.29, 1.82) is 0 Å². The first kappa shape index (κ1) is 11.0. The lowest BCUT2D eigenvalue weighted by Crippen LogP contribution is -2.12. The predicted molar refractivity (Wildman–Crippen MR) is 66.3 cm³/mol. The van der Waals surface area contributed by atoms with Crippen LogP contribution in [0.1, 0.15) is 31.7 Å². The smallest absolute Gasteiger partial charge is 0.136 e. The maximum Gasteiger partial charge on any atom is 0.136 e. The fraction of sp³-hybridized carbons (Fsp3) is 0.538. The minimum absolute atomic E-state index is 0.414. The standard InChI is InChI=1S/C13H17BrO/c1-9-6-7-11(8-9)15-13-10(2)4-3-5-12(13)14/h3-5,9,11H,6-8H2,1-2H3/t9-,11+/m0/s1. The zero-order valence-electron chi connectivity index (χ0n) is 9.29. The van der Waals surface area contributed by atoms with Crippen LogP contribution in [0.5, 0.6) is 5.75 Å². The summed E-state index contributed by atoms with van der Waals surface area (Å²) in [4.78, 5) is 0. The summed E-state index contributed by atoms with van der Waals surface area (Å²) < 4.78 is 7.13. The van der Waals surface area contributed by atoms with Gasteiger partial charge in [0.25, 0.3) is 0 Å². The van der Waals surface area contributed by atoms with Crippen LogP contribution in [0.2, 0.25) is 0 Å². The Morgan fingerprint density at radius 1 is 1.33 bits per heavy atom. The molecule has 0 aromatic heterocycles. The topological polar surface area (TPSA) is 9.23 Å². The van der Waals surface area contributed by atoms with Gasteiger partial charge in [-0.05, 0) is 59.7 Å². The van der Waals surface area contributed by atoms with Crippen molar-refractivity contribution in [2.45, 2.75) is 39.2 Å². The van der Waals surface area contributed by atoms with Crippen LogP contribution >= 0.6 is 15.9 Å². The van der Waals surface area contributed by atoms with E-state index in [0.717, 1.165) is 16.1 Å². The Labute approximate surface area is 100.0 Å². The van der Waals surface area contributed by atoms with Gasteiger partial charge in [0.15, 0.2) is 0 Å². The first-order chi connectivity index (χ1) is 7.16. The lowest BCUT2D eigenvalue weighted by Gasteiger charge is -2.16. The first-order valence-electron chi connectivity index (χ1n) is 5.58. The van der Waals surface area contributed by atoms with E-state index in [2.05, 4.69) is 35.8 Å². The van der Waals surface area contributed by atoms with Gasteiger partial charge in [-0.3, -0.25) is 0 Å². The fourth-order valence-corrected chi connectivity index (χ4v) is 2.75. The van der Waals surface area contributed by atoms with Gasteiger partial charge in [0.2, 0.25) is 0 Å². The van der Waals surface area contributed by atoms with Crippen LogP contribution in [-0.4, -0.2) is 6.10 Å². The van der Waals surface area contributed by atoms with Crippen LogP contribution in [0.3, 0.4) is 0 Å². The number of para-hydroxylation sites is 1. The largest absolute Gasteiger partial charge is 0.489 e. The third-order valence-corrected chi connectivity index (χ3v) is 3.72. The molecular weight excluding hydrogens is 252 g/mol. The van der Waals surface area contributed by atoms with E-state index in [0.29, 0.717) is 6.10 Å². The molecule has 0 N–H and O–H groups in total. The molecule has 15 heavy (non-hydrogen) atoms. The molecule has 0 aliphatic heterocycles. The molecule has 1 saturated carbocycles.